The summed E-state index contributed by atoms with van der Waals surface area (Å²) in [6, 6.07) is 19.8. The molecule has 0 spiro atoms. The molecule has 0 bridgehead atoms. The molecule has 1 atom stereocenters. The molecule has 126 valence electrons. The first kappa shape index (κ1) is 16.7. The average Bonchev–Trinajstić information content (AvgIpc) is 2.61. The highest BCUT2D eigenvalue weighted by atomic mass is 16.4. The Morgan fingerprint density at radius 3 is 2.40 bits per heavy atom. The summed E-state index contributed by atoms with van der Waals surface area (Å²) in [6.07, 6.45) is 0.230. The maximum atomic E-state index is 12.5. The molecule has 4 heteroatoms. The Morgan fingerprint density at radius 1 is 0.960 bits per heavy atom. The first-order chi connectivity index (χ1) is 12.1. The van der Waals surface area contributed by atoms with Crippen molar-refractivity contribution >= 4 is 22.6 Å². The predicted octanol–water partition coefficient (Wildman–Crippen LogP) is 3.57. The van der Waals surface area contributed by atoms with Crippen LogP contribution in [0.5, 0.6) is 0 Å². The Bertz CT molecular complexity index is 928. The standard InChI is InChI=1S/C21H19NO3/c1-14-7-2-4-11-17(14)20(23)22-19(21(24)25)13-16-10-6-9-15-8-3-5-12-18(15)16/h2-12,19H,13H2,1H3,(H,22,23)(H,24,25)/t19-/m0/s1. The van der Waals surface area contributed by atoms with Gasteiger partial charge in [0.15, 0.2) is 0 Å². The highest BCUT2D eigenvalue weighted by Gasteiger charge is 2.22. The molecule has 0 aliphatic rings. The fourth-order valence-electron chi connectivity index (χ4n) is 2.95. The van der Waals surface area contributed by atoms with Gasteiger partial charge < -0.3 is 10.4 Å². The Hall–Kier alpha value is -3.14. The number of carboxylic acids is 1. The topological polar surface area (TPSA) is 66.4 Å². The predicted molar refractivity (Wildman–Crippen MR) is 97.7 cm³/mol. The summed E-state index contributed by atoms with van der Waals surface area (Å²) in [5, 5.41) is 14.3. The Morgan fingerprint density at radius 2 is 1.64 bits per heavy atom. The number of nitrogens with one attached hydrogen (secondary N) is 1. The van der Waals surface area contributed by atoms with E-state index in [-0.39, 0.29) is 12.3 Å². The summed E-state index contributed by atoms with van der Waals surface area (Å²) in [5.74, 6) is -1.42. The minimum Gasteiger partial charge on any atom is -0.480 e. The molecule has 0 aliphatic heterocycles. The summed E-state index contributed by atoms with van der Waals surface area (Å²) < 4.78 is 0. The van der Waals surface area contributed by atoms with Gasteiger partial charge in [0, 0.05) is 12.0 Å². The van der Waals surface area contributed by atoms with Crippen molar-refractivity contribution in [3.05, 3.63) is 83.4 Å². The van der Waals surface area contributed by atoms with Crippen molar-refractivity contribution in [1.82, 2.24) is 5.32 Å². The lowest BCUT2D eigenvalue weighted by atomic mass is 9.98. The van der Waals surface area contributed by atoms with E-state index in [9.17, 15) is 14.7 Å². The summed E-state index contributed by atoms with van der Waals surface area (Å²) in [6.45, 7) is 1.83. The zero-order chi connectivity index (χ0) is 17.8. The van der Waals surface area contributed by atoms with Crippen LogP contribution >= 0.6 is 0 Å². The van der Waals surface area contributed by atoms with E-state index >= 15 is 0 Å². The Kier molecular flexibility index (Phi) is 4.80. The first-order valence-electron chi connectivity index (χ1n) is 8.12. The molecular formula is C21H19NO3. The van der Waals surface area contributed by atoms with Crippen molar-refractivity contribution in [3.63, 3.8) is 0 Å². The van der Waals surface area contributed by atoms with Crippen molar-refractivity contribution in [2.75, 3.05) is 0 Å². The van der Waals surface area contributed by atoms with E-state index in [0.717, 1.165) is 21.9 Å². The molecule has 3 aromatic carbocycles. The lowest BCUT2D eigenvalue weighted by Gasteiger charge is -2.16. The number of fused-ring (bicyclic) bond motifs is 1. The summed E-state index contributed by atoms with van der Waals surface area (Å²) in [7, 11) is 0. The van der Waals surface area contributed by atoms with E-state index < -0.39 is 12.0 Å². The fourth-order valence-corrected chi connectivity index (χ4v) is 2.95. The summed E-state index contributed by atoms with van der Waals surface area (Å²) in [4.78, 5) is 24.1. The third kappa shape index (κ3) is 3.69. The molecule has 3 aromatic rings. The van der Waals surface area contributed by atoms with Crippen molar-refractivity contribution in [1.29, 1.82) is 0 Å². The number of carbonyl (C=O) groups excluding carboxylic acids is 1. The van der Waals surface area contributed by atoms with Crippen molar-refractivity contribution in [2.24, 2.45) is 0 Å². The van der Waals surface area contributed by atoms with Crippen LogP contribution in [0.4, 0.5) is 0 Å². The van der Waals surface area contributed by atoms with Crippen LogP contribution in [-0.2, 0) is 11.2 Å². The largest absolute Gasteiger partial charge is 0.480 e. The molecule has 3 rings (SSSR count). The van der Waals surface area contributed by atoms with Gasteiger partial charge in [-0.25, -0.2) is 4.79 Å². The van der Waals surface area contributed by atoms with E-state index in [1.807, 2.05) is 61.5 Å². The molecular weight excluding hydrogens is 314 g/mol. The second-order valence-electron chi connectivity index (χ2n) is 6.02. The molecule has 0 unspecified atom stereocenters. The SMILES string of the molecule is Cc1ccccc1C(=O)N[C@@H](Cc1cccc2ccccc12)C(=O)O. The summed E-state index contributed by atoms with van der Waals surface area (Å²) in [5.41, 5.74) is 2.21. The quantitative estimate of drug-likeness (QED) is 0.750. The van der Waals surface area contributed by atoms with Crippen LogP contribution in [0.3, 0.4) is 0 Å². The van der Waals surface area contributed by atoms with E-state index in [1.54, 1.807) is 12.1 Å². The van der Waals surface area contributed by atoms with Gasteiger partial charge in [-0.2, -0.15) is 0 Å². The lowest BCUT2D eigenvalue weighted by Crippen LogP contribution is -2.42. The highest BCUT2D eigenvalue weighted by Crippen LogP contribution is 2.20. The van der Waals surface area contributed by atoms with Crippen molar-refractivity contribution in [3.8, 4) is 0 Å². The molecule has 0 saturated carbocycles. The lowest BCUT2D eigenvalue weighted by molar-refractivity contribution is -0.139. The van der Waals surface area contributed by atoms with Gasteiger partial charge in [0.1, 0.15) is 6.04 Å². The van der Waals surface area contributed by atoms with Crippen molar-refractivity contribution < 1.29 is 14.7 Å². The minimum atomic E-state index is -1.05. The van der Waals surface area contributed by atoms with E-state index in [2.05, 4.69) is 5.32 Å². The molecule has 4 nitrogen and oxygen atoms in total. The zero-order valence-electron chi connectivity index (χ0n) is 13.9. The fraction of sp³-hybridized carbons (Fsp3) is 0.143. The molecule has 0 radical (unpaired) electrons. The van der Waals surface area contributed by atoms with Crippen LogP contribution < -0.4 is 5.32 Å². The van der Waals surface area contributed by atoms with Crippen LogP contribution in [0.1, 0.15) is 21.5 Å². The number of hydrogen-bond donors (Lipinski definition) is 2. The van der Waals surface area contributed by atoms with Crippen LogP contribution in [0.2, 0.25) is 0 Å². The van der Waals surface area contributed by atoms with Gasteiger partial charge in [0.05, 0.1) is 0 Å². The molecule has 1 amide bonds. The highest BCUT2D eigenvalue weighted by molar-refractivity contribution is 5.98. The van der Waals surface area contributed by atoms with Gasteiger partial charge in [-0.1, -0.05) is 60.7 Å². The maximum Gasteiger partial charge on any atom is 0.326 e. The van der Waals surface area contributed by atoms with Gasteiger partial charge in [-0.05, 0) is 34.9 Å². The summed E-state index contributed by atoms with van der Waals surface area (Å²) >= 11 is 0. The molecule has 2 N–H and O–H groups in total. The monoisotopic (exact) mass is 333 g/mol. The number of amides is 1. The normalized spacial score (nSPS) is 11.9. The zero-order valence-corrected chi connectivity index (χ0v) is 13.9. The van der Waals surface area contributed by atoms with Gasteiger partial charge in [-0.3, -0.25) is 4.79 Å². The molecule has 0 aliphatic carbocycles. The van der Waals surface area contributed by atoms with Crippen LogP contribution in [0.15, 0.2) is 66.7 Å². The Labute approximate surface area is 146 Å². The molecule has 25 heavy (non-hydrogen) atoms. The Balaban J connectivity index is 1.86. The number of carbonyl (C=O) groups is 2. The second kappa shape index (κ2) is 7.18. The minimum absolute atomic E-state index is 0.230. The van der Waals surface area contributed by atoms with Gasteiger partial charge in [0.2, 0.25) is 0 Å². The third-order valence-electron chi connectivity index (χ3n) is 4.30. The number of rotatable bonds is 5. The second-order valence-corrected chi connectivity index (χ2v) is 6.02. The number of aliphatic carboxylic acids is 1. The number of aryl methyl sites for hydroxylation is 1. The van der Waals surface area contributed by atoms with Gasteiger partial charge in [0.25, 0.3) is 5.91 Å². The molecule has 0 heterocycles. The average molecular weight is 333 g/mol. The van der Waals surface area contributed by atoms with Crippen LogP contribution in [0, 0.1) is 6.92 Å². The van der Waals surface area contributed by atoms with E-state index in [0.29, 0.717) is 5.56 Å². The van der Waals surface area contributed by atoms with Crippen LogP contribution in [0.25, 0.3) is 10.8 Å². The van der Waals surface area contributed by atoms with Crippen molar-refractivity contribution in [2.45, 2.75) is 19.4 Å². The smallest absolute Gasteiger partial charge is 0.326 e. The third-order valence-corrected chi connectivity index (χ3v) is 4.30. The number of benzene rings is 3. The van der Waals surface area contributed by atoms with E-state index in [4.69, 9.17) is 0 Å². The van der Waals surface area contributed by atoms with Crippen LogP contribution in [-0.4, -0.2) is 23.0 Å². The molecule has 0 aromatic heterocycles. The number of hydrogen-bond acceptors (Lipinski definition) is 2. The molecule has 0 fully saturated rings. The van der Waals surface area contributed by atoms with Gasteiger partial charge >= 0.3 is 5.97 Å². The maximum absolute atomic E-state index is 12.5. The van der Waals surface area contributed by atoms with Gasteiger partial charge in [-0.15, -0.1) is 0 Å². The number of carboxylic acid groups (broad SMARTS) is 1. The molecule has 0 saturated heterocycles. The van der Waals surface area contributed by atoms with E-state index in [1.165, 1.54) is 0 Å². The first-order valence-corrected chi connectivity index (χ1v) is 8.12.